The minimum Gasteiger partial charge on any atom is -0.508 e. The Kier molecular flexibility index (Phi) is 5.88. The Balaban J connectivity index is 1.58. The van der Waals surface area contributed by atoms with Gasteiger partial charge in [0.05, 0.1) is 24.1 Å². The van der Waals surface area contributed by atoms with Gasteiger partial charge in [0.15, 0.2) is 5.82 Å². The van der Waals surface area contributed by atoms with Gasteiger partial charge < -0.3 is 20.5 Å². The van der Waals surface area contributed by atoms with Crippen molar-refractivity contribution in [3.8, 4) is 22.9 Å². The molecule has 0 bridgehead atoms. The van der Waals surface area contributed by atoms with Crippen molar-refractivity contribution in [3.05, 3.63) is 89.9 Å². The molecule has 9 heteroatoms. The number of ether oxygens (including phenoxy) is 1. The Hall–Kier alpha value is -4.66. The molecule has 1 aliphatic rings. The topological polar surface area (TPSA) is 114 Å². The van der Waals surface area contributed by atoms with E-state index in [2.05, 4.69) is 20.6 Å². The van der Waals surface area contributed by atoms with E-state index in [9.17, 15) is 9.90 Å². The Morgan fingerprint density at radius 3 is 2.60 bits per heavy atom. The summed E-state index contributed by atoms with van der Waals surface area (Å²) in [6.45, 7) is 4.34. The van der Waals surface area contributed by atoms with Crippen LogP contribution in [0.25, 0.3) is 11.4 Å². The van der Waals surface area contributed by atoms with Crippen molar-refractivity contribution in [1.29, 1.82) is 0 Å². The molecule has 9 nitrogen and oxygen atoms in total. The smallest absolute Gasteiger partial charge is 0.255 e. The standard InChI is InChI=1S/C26H24N6O3/c1-3-35-21-12-8-17(9-13-21)23-22(25(34)29-19-5-4-14-27-15-19)16(2)28-26-30-24(31-32(23)26)18-6-10-20(33)11-7-18/h4-15,23,33H,3H2,1-2H3,(H,29,34)(H,28,30,31). The van der Waals surface area contributed by atoms with Crippen molar-refractivity contribution in [1.82, 2.24) is 19.7 Å². The average Bonchev–Trinajstić information content (AvgIpc) is 3.28. The van der Waals surface area contributed by atoms with Crippen LogP contribution in [0, 0.1) is 0 Å². The summed E-state index contributed by atoms with van der Waals surface area (Å²) < 4.78 is 7.31. The van der Waals surface area contributed by atoms with Crippen molar-refractivity contribution in [2.24, 2.45) is 0 Å². The molecule has 0 spiro atoms. The van der Waals surface area contributed by atoms with Gasteiger partial charge in [0, 0.05) is 17.5 Å². The first-order chi connectivity index (χ1) is 17.0. The second-order valence-electron chi connectivity index (χ2n) is 8.01. The quantitative estimate of drug-likeness (QED) is 0.385. The predicted octanol–water partition coefficient (Wildman–Crippen LogP) is 4.37. The molecule has 1 atom stereocenters. The number of fused-ring (bicyclic) bond motifs is 1. The van der Waals surface area contributed by atoms with E-state index in [0.29, 0.717) is 35.3 Å². The molecule has 3 heterocycles. The van der Waals surface area contributed by atoms with Crippen molar-refractivity contribution in [3.63, 3.8) is 0 Å². The molecule has 4 aromatic rings. The van der Waals surface area contributed by atoms with Crippen LogP contribution in [0.5, 0.6) is 11.5 Å². The first-order valence-electron chi connectivity index (χ1n) is 11.2. The van der Waals surface area contributed by atoms with E-state index >= 15 is 0 Å². The second kappa shape index (κ2) is 9.30. The summed E-state index contributed by atoms with van der Waals surface area (Å²) in [4.78, 5) is 22.2. The summed E-state index contributed by atoms with van der Waals surface area (Å²) in [5.74, 6) is 1.63. The van der Waals surface area contributed by atoms with E-state index in [1.54, 1.807) is 53.5 Å². The molecule has 2 aromatic heterocycles. The van der Waals surface area contributed by atoms with Crippen LogP contribution in [-0.4, -0.2) is 37.4 Å². The van der Waals surface area contributed by atoms with Gasteiger partial charge in [0.1, 0.15) is 17.5 Å². The summed E-state index contributed by atoms with van der Waals surface area (Å²) in [5, 5.41) is 20.6. The molecule has 0 radical (unpaired) electrons. The Morgan fingerprint density at radius 2 is 1.91 bits per heavy atom. The van der Waals surface area contributed by atoms with Crippen molar-refractivity contribution < 1.29 is 14.6 Å². The maximum Gasteiger partial charge on any atom is 0.255 e. The van der Waals surface area contributed by atoms with Gasteiger partial charge in [-0.05, 0) is 67.9 Å². The molecule has 1 unspecified atom stereocenters. The lowest BCUT2D eigenvalue weighted by molar-refractivity contribution is -0.113. The van der Waals surface area contributed by atoms with Crippen molar-refractivity contribution in [2.75, 3.05) is 17.2 Å². The number of hydrogen-bond donors (Lipinski definition) is 3. The number of hydrogen-bond acceptors (Lipinski definition) is 7. The average molecular weight is 469 g/mol. The minimum atomic E-state index is -0.531. The fourth-order valence-electron chi connectivity index (χ4n) is 4.03. The fraction of sp³-hybridized carbons (Fsp3) is 0.154. The van der Waals surface area contributed by atoms with Crippen LogP contribution in [0.4, 0.5) is 11.6 Å². The summed E-state index contributed by atoms with van der Waals surface area (Å²) in [6, 6.07) is 17.3. The number of benzene rings is 2. The molecule has 1 aliphatic heterocycles. The van der Waals surface area contributed by atoms with Gasteiger partial charge in [-0.15, -0.1) is 5.10 Å². The third-order valence-corrected chi connectivity index (χ3v) is 5.65. The number of nitrogens with zero attached hydrogens (tertiary/aromatic N) is 4. The molecule has 0 fully saturated rings. The highest BCUT2D eigenvalue weighted by molar-refractivity contribution is 6.05. The number of allylic oxidation sites excluding steroid dienone is 1. The van der Waals surface area contributed by atoms with E-state index in [1.165, 1.54) is 0 Å². The van der Waals surface area contributed by atoms with Gasteiger partial charge in [-0.25, -0.2) is 4.68 Å². The summed E-state index contributed by atoms with van der Waals surface area (Å²) in [5.41, 5.74) is 3.37. The monoisotopic (exact) mass is 468 g/mol. The van der Waals surface area contributed by atoms with Crippen molar-refractivity contribution >= 4 is 17.5 Å². The number of carbonyl (C=O) groups is 1. The van der Waals surface area contributed by atoms with Crippen LogP contribution in [0.1, 0.15) is 25.5 Å². The highest BCUT2D eigenvalue weighted by atomic mass is 16.5. The van der Waals surface area contributed by atoms with Gasteiger partial charge in [-0.1, -0.05) is 12.1 Å². The fourth-order valence-corrected chi connectivity index (χ4v) is 4.03. The van der Waals surface area contributed by atoms with Crippen LogP contribution < -0.4 is 15.4 Å². The maximum absolute atomic E-state index is 13.5. The normalized spacial score (nSPS) is 14.7. The second-order valence-corrected chi connectivity index (χ2v) is 8.01. The summed E-state index contributed by atoms with van der Waals surface area (Å²) in [6.07, 6.45) is 3.25. The highest BCUT2D eigenvalue weighted by Crippen LogP contribution is 2.37. The van der Waals surface area contributed by atoms with Gasteiger partial charge in [-0.2, -0.15) is 4.98 Å². The minimum absolute atomic E-state index is 0.162. The van der Waals surface area contributed by atoms with Crippen LogP contribution in [-0.2, 0) is 4.79 Å². The summed E-state index contributed by atoms with van der Waals surface area (Å²) >= 11 is 0. The number of phenols is 1. The lowest BCUT2D eigenvalue weighted by Gasteiger charge is -2.28. The van der Waals surface area contributed by atoms with E-state index in [1.807, 2.05) is 38.1 Å². The zero-order valence-corrected chi connectivity index (χ0v) is 19.3. The highest BCUT2D eigenvalue weighted by Gasteiger charge is 2.34. The lowest BCUT2D eigenvalue weighted by Crippen LogP contribution is -2.31. The Morgan fingerprint density at radius 1 is 1.14 bits per heavy atom. The first kappa shape index (κ1) is 22.1. The molecule has 176 valence electrons. The third kappa shape index (κ3) is 4.43. The SMILES string of the molecule is CCOc1ccc(C2C(C(=O)Nc3cccnc3)=C(C)Nc3nc(-c4ccc(O)cc4)nn32)cc1. The molecule has 5 rings (SSSR count). The van der Waals surface area contributed by atoms with Gasteiger partial charge in [0.2, 0.25) is 5.95 Å². The molecule has 0 saturated heterocycles. The molecule has 0 aliphatic carbocycles. The number of aromatic hydroxyl groups is 1. The van der Waals surface area contributed by atoms with Gasteiger partial charge in [0.25, 0.3) is 5.91 Å². The van der Waals surface area contributed by atoms with Crippen LogP contribution in [0.15, 0.2) is 84.3 Å². The van der Waals surface area contributed by atoms with E-state index in [0.717, 1.165) is 16.9 Å². The van der Waals surface area contributed by atoms with Crippen LogP contribution in [0.2, 0.25) is 0 Å². The molecule has 3 N–H and O–H groups in total. The number of anilines is 2. The number of nitrogens with one attached hydrogen (secondary N) is 2. The molecule has 2 aromatic carbocycles. The largest absolute Gasteiger partial charge is 0.508 e. The van der Waals surface area contributed by atoms with Crippen LogP contribution >= 0.6 is 0 Å². The first-order valence-corrected chi connectivity index (χ1v) is 11.2. The molecular formula is C26H24N6O3. The molecule has 1 amide bonds. The van der Waals surface area contributed by atoms with E-state index in [-0.39, 0.29) is 11.7 Å². The van der Waals surface area contributed by atoms with Gasteiger partial charge >= 0.3 is 0 Å². The molecule has 35 heavy (non-hydrogen) atoms. The summed E-state index contributed by atoms with van der Waals surface area (Å²) in [7, 11) is 0. The maximum atomic E-state index is 13.5. The zero-order valence-electron chi connectivity index (χ0n) is 19.3. The van der Waals surface area contributed by atoms with Crippen molar-refractivity contribution in [2.45, 2.75) is 19.9 Å². The Bertz CT molecular complexity index is 1380. The lowest BCUT2D eigenvalue weighted by atomic mass is 9.95. The number of pyridine rings is 1. The number of phenolic OH excluding ortho intramolecular Hbond substituents is 1. The Labute approximate surface area is 202 Å². The predicted molar refractivity (Wildman–Crippen MR) is 132 cm³/mol. The zero-order chi connectivity index (χ0) is 24.4. The molecular weight excluding hydrogens is 444 g/mol. The van der Waals surface area contributed by atoms with Gasteiger partial charge in [-0.3, -0.25) is 9.78 Å². The number of amides is 1. The van der Waals surface area contributed by atoms with E-state index < -0.39 is 6.04 Å². The van der Waals surface area contributed by atoms with Crippen LogP contribution in [0.3, 0.4) is 0 Å². The van der Waals surface area contributed by atoms with E-state index in [4.69, 9.17) is 9.84 Å². The number of rotatable bonds is 6. The molecule has 0 saturated carbocycles. The third-order valence-electron chi connectivity index (χ3n) is 5.65. The number of carbonyl (C=O) groups excluding carboxylic acids is 1. The number of aromatic nitrogens is 4.